The average molecular weight is 734 g/mol. The number of aryl methyl sites for hydroxylation is 1. The summed E-state index contributed by atoms with van der Waals surface area (Å²) in [6.07, 6.45) is 10.3. The number of hydrogen-bond acceptors (Lipinski definition) is 8. The fourth-order valence-corrected chi connectivity index (χ4v) is 8.06. The SMILES string of the molecule is CNC(=O)CCC(C=O)Nc1ccc(C2CCN(CCC3CCN(Cc4c(F)cc(-c5cn(C)c(=O)c6[nH]ncc56)cc4OC)CC3)CC2)c(Cl)c1. The lowest BCUT2D eigenvalue weighted by atomic mass is 9.88. The third kappa shape index (κ3) is 8.67. The van der Waals surface area contributed by atoms with E-state index in [1.807, 2.05) is 18.2 Å². The van der Waals surface area contributed by atoms with Crippen molar-refractivity contribution in [2.45, 2.75) is 63.5 Å². The molecule has 52 heavy (non-hydrogen) atoms. The first-order valence-electron chi connectivity index (χ1n) is 18.2. The van der Waals surface area contributed by atoms with Gasteiger partial charge in [-0.15, -0.1) is 0 Å². The van der Waals surface area contributed by atoms with Crippen LogP contribution in [-0.4, -0.2) is 89.7 Å². The van der Waals surface area contributed by atoms with Gasteiger partial charge in [0.25, 0.3) is 5.56 Å². The molecule has 2 aromatic carbocycles. The van der Waals surface area contributed by atoms with Gasteiger partial charge in [0.15, 0.2) is 0 Å². The number of H-pyrrole nitrogens is 1. The molecule has 6 rings (SSSR count). The molecule has 1 atom stereocenters. The molecule has 0 spiro atoms. The normalized spacial score (nSPS) is 16.9. The Kier molecular flexibility index (Phi) is 12.3. The number of amides is 1. The van der Waals surface area contributed by atoms with Crippen molar-refractivity contribution < 1.29 is 18.7 Å². The summed E-state index contributed by atoms with van der Waals surface area (Å²) in [6, 6.07) is 8.87. The van der Waals surface area contributed by atoms with E-state index in [1.54, 1.807) is 33.6 Å². The maximum Gasteiger partial charge on any atom is 0.276 e. The smallest absolute Gasteiger partial charge is 0.276 e. The average Bonchev–Trinajstić information content (AvgIpc) is 3.66. The van der Waals surface area contributed by atoms with Gasteiger partial charge in [-0.2, -0.15) is 5.10 Å². The number of piperidine rings is 2. The molecule has 2 fully saturated rings. The van der Waals surface area contributed by atoms with Gasteiger partial charge in [0.1, 0.15) is 23.4 Å². The van der Waals surface area contributed by atoms with E-state index in [0.29, 0.717) is 63.2 Å². The molecule has 3 N–H and O–H groups in total. The lowest BCUT2D eigenvalue weighted by molar-refractivity contribution is -0.120. The van der Waals surface area contributed by atoms with Gasteiger partial charge in [0.05, 0.1) is 19.3 Å². The van der Waals surface area contributed by atoms with E-state index in [2.05, 4.69) is 36.7 Å². The number of aldehydes is 1. The number of anilines is 1. The number of benzene rings is 2. The number of likely N-dealkylation sites (tertiary alicyclic amines) is 2. The zero-order valence-corrected chi connectivity index (χ0v) is 31.0. The molecular formula is C39H49ClFN7O4. The Morgan fingerprint density at radius 3 is 2.58 bits per heavy atom. The maximum absolute atomic E-state index is 15.7. The summed E-state index contributed by atoms with van der Waals surface area (Å²) >= 11 is 6.73. The molecule has 2 saturated heterocycles. The Bertz CT molecular complexity index is 1930. The fourth-order valence-electron chi connectivity index (χ4n) is 7.72. The number of methoxy groups -OCH3 is 1. The molecule has 4 aromatic rings. The summed E-state index contributed by atoms with van der Waals surface area (Å²) in [5, 5.41) is 13.9. The molecule has 1 amide bonds. The Morgan fingerprint density at radius 1 is 1.13 bits per heavy atom. The molecular weight excluding hydrogens is 685 g/mol. The van der Waals surface area contributed by atoms with Crippen LogP contribution in [0, 0.1) is 11.7 Å². The number of nitrogens with one attached hydrogen (secondary N) is 3. The molecule has 1 unspecified atom stereocenters. The fraction of sp³-hybridized carbons (Fsp3) is 0.487. The quantitative estimate of drug-likeness (QED) is 0.141. The van der Waals surface area contributed by atoms with Gasteiger partial charge in [-0.1, -0.05) is 17.7 Å². The zero-order valence-electron chi connectivity index (χ0n) is 30.2. The molecule has 0 bridgehead atoms. The van der Waals surface area contributed by atoms with Crippen molar-refractivity contribution in [2.75, 3.05) is 52.2 Å². The molecule has 2 aliphatic heterocycles. The maximum atomic E-state index is 15.7. The number of rotatable bonds is 14. The molecule has 11 nitrogen and oxygen atoms in total. The molecule has 13 heteroatoms. The summed E-state index contributed by atoms with van der Waals surface area (Å²) in [5.41, 5.74) is 4.04. The lowest BCUT2D eigenvalue weighted by Gasteiger charge is -2.36. The Labute approximate surface area is 308 Å². The van der Waals surface area contributed by atoms with Crippen LogP contribution in [0.4, 0.5) is 10.1 Å². The minimum atomic E-state index is -0.450. The number of ether oxygens (including phenoxy) is 1. The van der Waals surface area contributed by atoms with Crippen LogP contribution in [0.1, 0.15) is 62.0 Å². The van der Waals surface area contributed by atoms with Gasteiger partial charge >= 0.3 is 0 Å². The molecule has 2 aliphatic rings. The first-order chi connectivity index (χ1) is 25.2. The highest BCUT2D eigenvalue weighted by molar-refractivity contribution is 6.31. The number of nitrogens with zero attached hydrogens (tertiary/aromatic N) is 4. The minimum absolute atomic E-state index is 0.0920. The molecule has 4 heterocycles. The Hall–Kier alpha value is -4.26. The van der Waals surface area contributed by atoms with Crippen molar-refractivity contribution in [3.63, 3.8) is 0 Å². The van der Waals surface area contributed by atoms with Gasteiger partial charge < -0.3 is 29.6 Å². The highest BCUT2D eigenvalue weighted by Crippen LogP contribution is 2.36. The van der Waals surface area contributed by atoms with E-state index in [-0.39, 0.29) is 23.7 Å². The van der Waals surface area contributed by atoms with Crippen molar-refractivity contribution >= 4 is 40.4 Å². The van der Waals surface area contributed by atoms with E-state index in [0.717, 1.165) is 82.4 Å². The van der Waals surface area contributed by atoms with E-state index in [1.165, 1.54) is 10.6 Å². The number of halogens is 2. The lowest BCUT2D eigenvalue weighted by Crippen LogP contribution is -2.37. The number of pyridine rings is 1. The molecule has 2 aromatic heterocycles. The third-order valence-corrected chi connectivity index (χ3v) is 11.2. The van der Waals surface area contributed by atoms with Gasteiger partial charge in [0, 0.05) is 60.5 Å². The van der Waals surface area contributed by atoms with Crippen molar-refractivity contribution in [2.24, 2.45) is 13.0 Å². The zero-order chi connectivity index (χ0) is 36.8. The second kappa shape index (κ2) is 17.0. The summed E-state index contributed by atoms with van der Waals surface area (Å²) in [4.78, 5) is 40.5. The first kappa shape index (κ1) is 37.5. The van der Waals surface area contributed by atoms with Crippen LogP contribution < -0.4 is 20.9 Å². The van der Waals surface area contributed by atoms with Crippen LogP contribution in [0.3, 0.4) is 0 Å². The second-order valence-corrected chi connectivity index (χ2v) is 14.6. The Balaban J connectivity index is 0.959. The van der Waals surface area contributed by atoms with Gasteiger partial charge in [-0.05, 0) is 118 Å². The van der Waals surface area contributed by atoms with Crippen molar-refractivity contribution in [1.82, 2.24) is 29.9 Å². The van der Waals surface area contributed by atoms with Crippen molar-refractivity contribution in [1.29, 1.82) is 0 Å². The number of aromatic nitrogens is 3. The summed E-state index contributed by atoms with van der Waals surface area (Å²) in [5.74, 6) is 1.13. The van der Waals surface area contributed by atoms with Crippen LogP contribution >= 0.6 is 11.6 Å². The van der Waals surface area contributed by atoms with Crippen molar-refractivity contribution in [3.8, 4) is 16.9 Å². The molecule has 0 radical (unpaired) electrons. The largest absolute Gasteiger partial charge is 0.496 e. The van der Waals surface area contributed by atoms with Crippen LogP contribution in [0.2, 0.25) is 5.02 Å². The van der Waals surface area contributed by atoms with Crippen LogP contribution in [0.15, 0.2) is 47.5 Å². The van der Waals surface area contributed by atoms with Gasteiger partial charge in [-0.3, -0.25) is 19.6 Å². The van der Waals surface area contributed by atoms with E-state index >= 15 is 4.39 Å². The van der Waals surface area contributed by atoms with E-state index in [4.69, 9.17) is 16.3 Å². The van der Waals surface area contributed by atoms with Gasteiger partial charge in [0.2, 0.25) is 5.91 Å². The first-order valence-corrected chi connectivity index (χ1v) is 18.6. The Morgan fingerprint density at radius 2 is 1.88 bits per heavy atom. The monoisotopic (exact) mass is 733 g/mol. The summed E-state index contributed by atoms with van der Waals surface area (Å²) in [6.45, 7) is 5.46. The van der Waals surface area contributed by atoms with E-state index < -0.39 is 6.04 Å². The molecule has 0 saturated carbocycles. The predicted octanol–water partition coefficient (Wildman–Crippen LogP) is 5.72. The molecule has 0 aliphatic carbocycles. The highest BCUT2D eigenvalue weighted by atomic mass is 35.5. The standard InChI is InChI=1S/C39H49ClFN7O4/c1-42-37(50)7-5-29(24-49)44-28-4-6-30(34(40)20-28)26-11-16-47(17-12-26)13-8-25-9-14-48(15-10-25)23-33-35(41)18-27(19-36(33)52-3)32-22-46(2)39(51)38-31(32)21-43-45-38/h4,6,18-22,24-26,29,44H,5,7-17,23H2,1-3H3,(H,42,50)(H,43,45). The second-order valence-electron chi connectivity index (χ2n) is 14.2. The predicted molar refractivity (Wildman–Crippen MR) is 203 cm³/mol. The molecule has 278 valence electrons. The number of hydrogen-bond donors (Lipinski definition) is 3. The van der Waals surface area contributed by atoms with Crippen LogP contribution in [0.5, 0.6) is 5.75 Å². The van der Waals surface area contributed by atoms with E-state index in [9.17, 15) is 14.4 Å². The minimum Gasteiger partial charge on any atom is -0.496 e. The highest BCUT2D eigenvalue weighted by Gasteiger charge is 2.26. The topological polar surface area (TPSA) is 125 Å². The summed E-state index contributed by atoms with van der Waals surface area (Å²) < 4.78 is 22.9. The number of fused-ring (bicyclic) bond motifs is 1. The number of aromatic amines is 1. The van der Waals surface area contributed by atoms with Crippen LogP contribution in [-0.2, 0) is 23.2 Å². The third-order valence-electron chi connectivity index (χ3n) is 10.9. The summed E-state index contributed by atoms with van der Waals surface area (Å²) in [7, 11) is 4.83. The van der Waals surface area contributed by atoms with Gasteiger partial charge in [-0.25, -0.2) is 4.39 Å². The number of carbonyl (C=O) groups excluding carboxylic acids is 2. The number of carbonyl (C=O) groups is 2. The van der Waals surface area contributed by atoms with Crippen LogP contribution in [0.25, 0.3) is 22.0 Å². The van der Waals surface area contributed by atoms with Crippen molar-refractivity contribution in [3.05, 3.63) is 75.0 Å².